The number of hydrogen-bond donors (Lipinski definition) is 1. The second-order valence-electron chi connectivity index (χ2n) is 10.4. The third-order valence-electron chi connectivity index (χ3n) is 7.06. The topological polar surface area (TPSA) is 71.0 Å². The first kappa shape index (κ1) is 32.1. The summed E-state index contributed by atoms with van der Waals surface area (Å²) < 4.78 is 27.4. The third-order valence-corrected chi connectivity index (χ3v) is 7.98. The van der Waals surface area contributed by atoms with Gasteiger partial charge in [-0.25, -0.2) is 18.6 Å². The fourth-order valence-corrected chi connectivity index (χ4v) is 5.50. The Balaban J connectivity index is 1.30. The zero-order chi connectivity index (χ0) is 30.3. The number of thioether (sulfide) groups is 1. The molecule has 1 heterocycles. The van der Waals surface area contributed by atoms with Crippen LogP contribution in [0.1, 0.15) is 58.3 Å². The van der Waals surface area contributed by atoms with Crippen LogP contribution in [-0.4, -0.2) is 45.0 Å². The zero-order valence-corrected chi connectivity index (χ0v) is 25.5. The quantitative estimate of drug-likeness (QED) is 0.102. The third kappa shape index (κ3) is 10.1. The molecule has 0 radical (unpaired) electrons. The first-order chi connectivity index (χ1) is 21.0. The number of benzene rings is 3. The lowest BCUT2D eigenvalue weighted by atomic mass is 10.0. The van der Waals surface area contributed by atoms with Crippen LogP contribution in [0.2, 0.25) is 0 Å². The van der Waals surface area contributed by atoms with E-state index in [0.717, 1.165) is 85.3 Å². The number of nitrogens with one attached hydrogen (secondary N) is 1. The molecular formula is C34H39F2N5OS. The van der Waals surface area contributed by atoms with Gasteiger partial charge in [-0.1, -0.05) is 111 Å². The number of anilines is 1. The predicted octanol–water partition coefficient (Wildman–Crippen LogP) is 9.25. The van der Waals surface area contributed by atoms with Crippen LogP contribution in [-0.2, 0) is 0 Å². The number of carbonyl (C=O) groups is 1. The molecule has 0 aliphatic carbocycles. The summed E-state index contributed by atoms with van der Waals surface area (Å²) in [7, 11) is 0. The molecule has 1 N–H and O–H groups in total. The number of rotatable bonds is 16. The van der Waals surface area contributed by atoms with Crippen molar-refractivity contribution in [2.75, 3.05) is 24.2 Å². The molecule has 226 valence electrons. The van der Waals surface area contributed by atoms with E-state index in [-0.39, 0.29) is 11.7 Å². The molecule has 0 aliphatic heterocycles. The largest absolute Gasteiger partial charge is 0.325 e. The van der Waals surface area contributed by atoms with Gasteiger partial charge < -0.3 is 10.2 Å². The van der Waals surface area contributed by atoms with Gasteiger partial charge in [0, 0.05) is 36.0 Å². The molecule has 43 heavy (non-hydrogen) atoms. The first-order valence-corrected chi connectivity index (χ1v) is 16.0. The maximum atomic E-state index is 14.1. The number of carbonyl (C=O) groups excluding carboxylic acids is 1. The van der Waals surface area contributed by atoms with Crippen LogP contribution in [0.4, 0.5) is 19.3 Å². The minimum Gasteiger partial charge on any atom is -0.325 e. The molecule has 0 unspecified atom stereocenters. The number of halogens is 2. The molecule has 0 atom stereocenters. The Kier molecular flexibility index (Phi) is 12.9. The summed E-state index contributed by atoms with van der Waals surface area (Å²) in [4.78, 5) is 19.6. The van der Waals surface area contributed by atoms with E-state index in [1.54, 1.807) is 16.7 Å². The van der Waals surface area contributed by atoms with Crippen molar-refractivity contribution in [3.63, 3.8) is 0 Å². The molecule has 0 saturated heterocycles. The SMILES string of the molecule is CCCCCCCN(CCCCCSc1nnc(-c2ccccc2)c(-c2ccccc2)n1)C(=O)Nc1ccc(F)cc1F. The van der Waals surface area contributed by atoms with Gasteiger partial charge >= 0.3 is 6.03 Å². The maximum Gasteiger partial charge on any atom is 0.321 e. The van der Waals surface area contributed by atoms with Gasteiger partial charge in [-0.15, -0.1) is 10.2 Å². The zero-order valence-electron chi connectivity index (χ0n) is 24.6. The number of amides is 2. The molecule has 9 heteroatoms. The molecular weight excluding hydrogens is 564 g/mol. The van der Waals surface area contributed by atoms with Crippen LogP contribution in [0, 0.1) is 11.6 Å². The van der Waals surface area contributed by atoms with Gasteiger partial charge in [0.25, 0.3) is 0 Å². The molecule has 0 aliphatic rings. The molecule has 6 nitrogen and oxygen atoms in total. The highest BCUT2D eigenvalue weighted by Gasteiger charge is 2.16. The molecule has 2 amide bonds. The van der Waals surface area contributed by atoms with Crippen LogP contribution < -0.4 is 5.32 Å². The van der Waals surface area contributed by atoms with Crippen molar-refractivity contribution in [1.82, 2.24) is 20.1 Å². The first-order valence-electron chi connectivity index (χ1n) is 15.0. The highest BCUT2D eigenvalue weighted by Crippen LogP contribution is 2.30. The van der Waals surface area contributed by atoms with E-state index in [1.165, 1.54) is 12.5 Å². The second kappa shape index (κ2) is 17.3. The Morgan fingerprint density at radius 2 is 1.40 bits per heavy atom. The summed E-state index contributed by atoms with van der Waals surface area (Å²) in [5, 5.41) is 12.2. The number of aromatic nitrogens is 3. The number of nitrogens with zero attached hydrogens (tertiary/aromatic N) is 4. The smallest absolute Gasteiger partial charge is 0.321 e. The fourth-order valence-electron chi connectivity index (χ4n) is 4.71. The van der Waals surface area contributed by atoms with Crippen molar-refractivity contribution in [2.45, 2.75) is 63.4 Å². The summed E-state index contributed by atoms with van der Waals surface area (Å²) in [6, 6.07) is 22.8. The van der Waals surface area contributed by atoms with Crippen molar-refractivity contribution >= 4 is 23.5 Å². The summed E-state index contributed by atoms with van der Waals surface area (Å²) in [6.45, 7) is 3.33. The Morgan fingerprint density at radius 3 is 2.05 bits per heavy atom. The standard InChI is InChI=1S/C34H39F2N5OS/c1-2-3-4-5-13-22-41(34(42)37-30-21-20-28(35)25-29(30)36)23-14-8-15-24-43-33-38-31(26-16-9-6-10-17-26)32(39-40-33)27-18-11-7-12-19-27/h6-7,9-12,16-21,25H,2-5,8,13-15,22-24H2,1H3,(H,37,42). The molecule has 4 rings (SSSR count). The lowest BCUT2D eigenvalue weighted by molar-refractivity contribution is 0.209. The van der Waals surface area contributed by atoms with Gasteiger partial charge in [-0.3, -0.25) is 0 Å². The van der Waals surface area contributed by atoms with Crippen LogP contribution in [0.15, 0.2) is 84.0 Å². The molecule has 0 spiro atoms. The highest BCUT2D eigenvalue weighted by atomic mass is 32.2. The minimum atomic E-state index is -0.780. The second-order valence-corrected chi connectivity index (χ2v) is 11.5. The fraction of sp³-hybridized carbons (Fsp3) is 0.353. The van der Waals surface area contributed by atoms with Crippen LogP contribution in [0.3, 0.4) is 0 Å². The van der Waals surface area contributed by atoms with E-state index in [0.29, 0.717) is 18.2 Å². The monoisotopic (exact) mass is 603 g/mol. The lowest BCUT2D eigenvalue weighted by Gasteiger charge is -2.23. The van der Waals surface area contributed by atoms with Gasteiger partial charge in [0.1, 0.15) is 23.0 Å². The van der Waals surface area contributed by atoms with Crippen molar-refractivity contribution in [3.05, 3.63) is 90.5 Å². The lowest BCUT2D eigenvalue weighted by Crippen LogP contribution is -2.36. The summed E-state index contributed by atoms with van der Waals surface area (Å²) in [6.07, 6.45) is 8.04. The average Bonchev–Trinajstić information content (AvgIpc) is 3.03. The normalized spacial score (nSPS) is 11.0. The summed E-state index contributed by atoms with van der Waals surface area (Å²) in [5.74, 6) is -0.632. The van der Waals surface area contributed by atoms with E-state index in [4.69, 9.17) is 4.98 Å². The predicted molar refractivity (Wildman–Crippen MR) is 171 cm³/mol. The van der Waals surface area contributed by atoms with Gasteiger partial charge in [0.15, 0.2) is 0 Å². The van der Waals surface area contributed by atoms with E-state index < -0.39 is 11.6 Å². The Bertz CT molecular complexity index is 1430. The minimum absolute atomic E-state index is 0.0134. The summed E-state index contributed by atoms with van der Waals surface area (Å²) >= 11 is 1.57. The Morgan fingerprint density at radius 1 is 0.767 bits per heavy atom. The molecule has 3 aromatic carbocycles. The highest BCUT2D eigenvalue weighted by molar-refractivity contribution is 7.99. The number of urea groups is 1. The van der Waals surface area contributed by atoms with Crippen LogP contribution >= 0.6 is 11.8 Å². The van der Waals surface area contributed by atoms with Gasteiger partial charge in [0.2, 0.25) is 5.16 Å². The Labute approximate surface area is 257 Å². The maximum absolute atomic E-state index is 14.1. The van der Waals surface area contributed by atoms with Crippen molar-refractivity contribution in [3.8, 4) is 22.5 Å². The van der Waals surface area contributed by atoms with Crippen molar-refractivity contribution < 1.29 is 13.6 Å². The molecule has 0 bridgehead atoms. The van der Waals surface area contributed by atoms with Gasteiger partial charge in [-0.05, 0) is 31.4 Å². The molecule has 1 aromatic heterocycles. The van der Waals surface area contributed by atoms with Gasteiger partial charge in [-0.2, -0.15) is 0 Å². The molecule has 4 aromatic rings. The number of unbranched alkanes of at least 4 members (excludes halogenated alkanes) is 6. The van der Waals surface area contributed by atoms with Crippen LogP contribution in [0.5, 0.6) is 0 Å². The van der Waals surface area contributed by atoms with E-state index in [9.17, 15) is 13.6 Å². The van der Waals surface area contributed by atoms with Crippen LogP contribution in [0.25, 0.3) is 22.5 Å². The van der Waals surface area contributed by atoms with Gasteiger partial charge in [0.05, 0.1) is 5.69 Å². The van der Waals surface area contributed by atoms with E-state index >= 15 is 0 Å². The molecule has 0 fully saturated rings. The molecule has 0 saturated carbocycles. The Hall–Kier alpha value is -3.85. The summed E-state index contributed by atoms with van der Waals surface area (Å²) in [5.41, 5.74) is 3.51. The van der Waals surface area contributed by atoms with Crippen molar-refractivity contribution in [1.29, 1.82) is 0 Å². The number of hydrogen-bond acceptors (Lipinski definition) is 5. The van der Waals surface area contributed by atoms with E-state index in [2.05, 4.69) is 22.4 Å². The average molecular weight is 604 g/mol. The van der Waals surface area contributed by atoms with E-state index in [1.807, 2.05) is 60.7 Å². The van der Waals surface area contributed by atoms with Crippen molar-refractivity contribution in [2.24, 2.45) is 0 Å².